The lowest BCUT2D eigenvalue weighted by atomic mass is 9.89. The van der Waals surface area contributed by atoms with Gasteiger partial charge in [-0.25, -0.2) is 9.59 Å². The van der Waals surface area contributed by atoms with Crippen LogP contribution in [0.2, 0.25) is 0 Å². The fraction of sp³-hybridized carbons (Fsp3) is 0.556. The molecule has 7 heteroatoms. The zero-order valence-corrected chi connectivity index (χ0v) is 15.4. The van der Waals surface area contributed by atoms with Gasteiger partial charge in [-0.1, -0.05) is 6.08 Å². The number of carbonyl (C=O) groups excluding carboxylic acids is 2. The highest BCUT2D eigenvalue weighted by Crippen LogP contribution is 2.38. The Morgan fingerprint density at radius 2 is 2.08 bits per heavy atom. The molecule has 0 radical (unpaired) electrons. The number of carbonyl (C=O) groups is 2. The van der Waals surface area contributed by atoms with Gasteiger partial charge in [0.1, 0.15) is 11.7 Å². The zero-order chi connectivity index (χ0) is 18.8. The SMILES string of the molecule is CCOC(=O)[C@@]1([C@H](O)c2cccn2C)C=CCN1C(=O)OC(C)(C)C. The normalized spacial score (nSPS) is 21.3. The van der Waals surface area contributed by atoms with Crippen LogP contribution >= 0.6 is 0 Å². The average molecular weight is 350 g/mol. The van der Waals surface area contributed by atoms with Crippen molar-refractivity contribution < 1.29 is 24.2 Å². The molecule has 1 N–H and O–H groups in total. The van der Waals surface area contributed by atoms with Crippen LogP contribution < -0.4 is 0 Å². The lowest BCUT2D eigenvalue weighted by Gasteiger charge is -2.39. The summed E-state index contributed by atoms with van der Waals surface area (Å²) in [7, 11) is 1.76. The van der Waals surface area contributed by atoms with Crippen LogP contribution in [-0.2, 0) is 21.3 Å². The second-order valence-electron chi connectivity index (χ2n) is 6.99. The van der Waals surface area contributed by atoms with Gasteiger partial charge in [0.2, 0.25) is 0 Å². The van der Waals surface area contributed by atoms with Gasteiger partial charge in [0.15, 0.2) is 5.54 Å². The quantitative estimate of drug-likeness (QED) is 0.665. The standard InChI is InChI=1S/C18H26N2O5/c1-6-24-15(22)18(14(21)13-9-7-11-19(13)5)10-8-12-20(18)16(23)25-17(2,3)4/h7-11,14,21H,6,12H2,1-5H3/t14-,18+/m1/s1. The van der Waals surface area contributed by atoms with E-state index in [0.717, 1.165) is 0 Å². The highest BCUT2D eigenvalue weighted by Gasteiger charge is 2.55. The van der Waals surface area contributed by atoms with Crippen molar-refractivity contribution in [3.8, 4) is 0 Å². The first-order valence-corrected chi connectivity index (χ1v) is 8.28. The average Bonchev–Trinajstić information content (AvgIpc) is 3.11. The summed E-state index contributed by atoms with van der Waals surface area (Å²) in [6, 6.07) is 3.46. The predicted octanol–water partition coefficient (Wildman–Crippen LogP) is 2.17. The Labute approximate surface area is 147 Å². The van der Waals surface area contributed by atoms with Gasteiger partial charge < -0.3 is 19.1 Å². The Kier molecular flexibility index (Phi) is 5.27. The molecule has 0 spiro atoms. The molecule has 7 nitrogen and oxygen atoms in total. The number of esters is 1. The van der Waals surface area contributed by atoms with Gasteiger partial charge in [-0.05, 0) is 45.9 Å². The number of amides is 1. The number of ether oxygens (including phenoxy) is 2. The summed E-state index contributed by atoms with van der Waals surface area (Å²) in [4.78, 5) is 26.7. The van der Waals surface area contributed by atoms with Gasteiger partial charge in [0.05, 0.1) is 6.61 Å². The van der Waals surface area contributed by atoms with Crippen LogP contribution in [-0.4, -0.2) is 50.9 Å². The summed E-state index contributed by atoms with van der Waals surface area (Å²) in [5, 5.41) is 11.0. The first-order chi connectivity index (χ1) is 11.6. The fourth-order valence-corrected chi connectivity index (χ4v) is 2.88. The molecule has 0 aliphatic carbocycles. The molecular formula is C18H26N2O5. The van der Waals surface area contributed by atoms with Crippen molar-refractivity contribution in [1.82, 2.24) is 9.47 Å². The zero-order valence-electron chi connectivity index (χ0n) is 15.4. The molecule has 2 atom stereocenters. The second kappa shape index (κ2) is 6.92. The van der Waals surface area contributed by atoms with Crippen molar-refractivity contribution in [2.45, 2.75) is 44.9 Å². The monoisotopic (exact) mass is 350 g/mol. The van der Waals surface area contributed by atoms with Gasteiger partial charge in [-0.3, -0.25) is 4.90 Å². The Bertz CT molecular complexity index is 673. The fourth-order valence-electron chi connectivity index (χ4n) is 2.88. The molecule has 0 unspecified atom stereocenters. The minimum Gasteiger partial charge on any atom is -0.464 e. The molecular weight excluding hydrogens is 324 g/mol. The maximum Gasteiger partial charge on any atom is 0.411 e. The molecule has 25 heavy (non-hydrogen) atoms. The van der Waals surface area contributed by atoms with Gasteiger partial charge in [-0.15, -0.1) is 0 Å². The number of hydrogen-bond donors (Lipinski definition) is 1. The lowest BCUT2D eigenvalue weighted by molar-refractivity contribution is -0.160. The van der Waals surface area contributed by atoms with E-state index in [1.807, 2.05) is 0 Å². The van der Waals surface area contributed by atoms with E-state index in [1.165, 1.54) is 11.0 Å². The van der Waals surface area contributed by atoms with E-state index in [2.05, 4.69) is 0 Å². The Morgan fingerprint density at radius 3 is 2.60 bits per heavy atom. The largest absolute Gasteiger partial charge is 0.464 e. The number of hydrogen-bond acceptors (Lipinski definition) is 5. The molecule has 2 rings (SSSR count). The Balaban J connectivity index is 2.47. The van der Waals surface area contributed by atoms with E-state index in [0.29, 0.717) is 5.69 Å². The molecule has 0 fully saturated rings. The van der Waals surface area contributed by atoms with Gasteiger partial charge in [-0.2, -0.15) is 0 Å². The molecule has 0 saturated heterocycles. The van der Waals surface area contributed by atoms with Crippen molar-refractivity contribution in [3.63, 3.8) is 0 Å². The Hall–Kier alpha value is -2.28. The smallest absolute Gasteiger partial charge is 0.411 e. The molecule has 0 saturated carbocycles. The maximum absolute atomic E-state index is 12.8. The highest BCUT2D eigenvalue weighted by molar-refractivity contribution is 5.90. The first-order valence-electron chi connectivity index (χ1n) is 8.28. The first kappa shape index (κ1) is 19.1. The van der Waals surface area contributed by atoms with Crippen LogP contribution in [0.4, 0.5) is 4.79 Å². The molecule has 1 aliphatic rings. The van der Waals surface area contributed by atoms with Crippen LogP contribution in [0.1, 0.15) is 39.5 Å². The van der Waals surface area contributed by atoms with Gasteiger partial charge in [0, 0.05) is 25.5 Å². The molecule has 1 aliphatic heterocycles. The van der Waals surface area contributed by atoms with Crippen molar-refractivity contribution in [2.75, 3.05) is 13.2 Å². The third kappa shape index (κ3) is 3.56. The number of rotatable bonds is 4. The Morgan fingerprint density at radius 1 is 1.40 bits per heavy atom. The van der Waals surface area contributed by atoms with E-state index < -0.39 is 29.3 Å². The predicted molar refractivity (Wildman–Crippen MR) is 91.8 cm³/mol. The topological polar surface area (TPSA) is 81.0 Å². The van der Waals surface area contributed by atoms with Gasteiger partial charge >= 0.3 is 12.1 Å². The summed E-state index contributed by atoms with van der Waals surface area (Å²) < 4.78 is 12.3. The number of nitrogens with zero attached hydrogens (tertiary/aromatic N) is 2. The molecule has 1 aromatic rings. The molecule has 0 bridgehead atoms. The van der Waals surface area contributed by atoms with E-state index in [-0.39, 0.29) is 13.2 Å². The third-order valence-corrected chi connectivity index (χ3v) is 4.00. The summed E-state index contributed by atoms with van der Waals surface area (Å²) in [5.74, 6) is -0.691. The summed E-state index contributed by atoms with van der Waals surface area (Å²) in [6.45, 7) is 7.19. The van der Waals surface area contributed by atoms with E-state index in [4.69, 9.17) is 9.47 Å². The summed E-state index contributed by atoms with van der Waals surface area (Å²) in [6.07, 6.45) is 2.96. The van der Waals surface area contributed by atoms with Crippen LogP contribution in [0.15, 0.2) is 30.5 Å². The second-order valence-corrected chi connectivity index (χ2v) is 6.99. The van der Waals surface area contributed by atoms with Crippen molar-refractivity contribution in [2.24, 2.45) is 7.05 Å². The van der Waals surface area contributed by atoms with Crippen LogP contribution in [0.5, 0.6) is 0 Å². The summed E-state index contributed by atoms with van der Waals surface area (Å²) >= 11 is 0. The molecule has 1 aromatic heterocycles. The van der Waals surface area contributed by atoms with Crippen molar-refractivity contribution >= 4 is 12.1 Å². The van der Waals surface area contributed by atoms with Crippen molar-refractivity contribution in [3.05, 3.63) is 36.2 Å². The van der Waals surface area contributed by atoms with Crippen LogP contribution in [0, 0.1) is 0 Å². The van der Waals surface area contributed by atoms with Gasteiger partial charge in [0.25, 0.3) is 0 Å². The van der Waals surface area contributed by atoms with E-state index in [9.17, 15) is 14.7 Å². The van der Waals surface area contributed by atoms with Crippen LogP contribution in [0.25, 0.3) is 0 Å². The summed E-state index contributed by atoms with van der Waals surface area (Å²) in [5.41, 5.74) is -1.89. The number of aromatic nitrogens is 1. The minimum atomic E-state index is -1.66. The highest BCUT2D eigenvalue weighted by atomic mass is 16.6. The van der Waals surface area contributed by atoms with E-state index in [1.54, 1.807) is 63.7 Å². The van der Waals surface area contributed by atoms with E-state index >= 15 is 0 Å². The number of aryl methyl sites for hydroxylation is 1. The number of aliphatic hydroxyl groups excluding tert-OH is 1. The maximum atomic E-state index is 12.8. The van der Waals surface area contributed by atoms with Crippen molar-refractivity contribution in [1.29, 1.82) is 0 Å². The minimum absolute atomic E-state index is 0.135. The number of aliphatic hydroxyl groups is 1. The molecule has 0 aromatic carbocycles. The molecule has 1 amide bonds. The molecule has 2 heterocycles. The van der Waals surface area contributed by atoms with Crippen LogP contribution in [0.3, 0.4) is 0 Å². The molecule has 138 valence electrons. The third-order valence-electron chi connectivity index (χ3n) is 4.00. The lowest BCUT2D eigenvalue weighted by Crippen LogP contribution is -2.58.